The fraction of sp³-hybridized carbons (Fsp3) is 0.909. The van der Waals surface area contributed by atoms with E-state index < -0.39 is 0 Å². The molecule has 2 bridgehead atoms. The van der Waals surface area contributed by atoms with E-state index in [0.29, 0.717) is 6.42 Å². The molecule has 0 spiro atoms. The van der Waals surface area contributed by atoms with Crippen molar-refractivity contribution in [1.29, 1.82) is 5.26 Å². The van der Waals surface area contributed by atoms with Gasteiger partial charge in [0, 0.05) is 12.5 Å². The largest absolute Gasteiger partial charge is 0.314 e. The van der Waals surface area contributed by atoms with Crippen molar-refractivity contribution < 1.29 is 0 Å². The minimum Gasteiger partial charge on any atom is -0.314 e. The lowest BCUT2D eigenvalue weighted by molar-refractivity contribution is 0.351. The lowest BCUT2D eigenvalue weighted by atomic mass is 9.95. The van der Waals surface area contributed by atoms with Crippen LogP contribution < -0.4 is 5.32 Å². The van der Waals surface area contributed by atoms with E-state index in [4.69, 9.17) is 5.26 Å². The smallest absolute Gasteiger partial charge is 0.0622 e. The number of unbranched alkanes of at least 4 members (excludes halogenated alkanes) is 1. The lowest BCUT2D eigenvalue weighted by Gasteiger charge is -2.22. The molecule has 72 valence electrons. The SMILES string of the molecule is N#CCCCNC1CC2CCC1C2. The first-order valence-electron chi connectivity index (χ1n) is 5.50. The molecule has 2 heteroatoms. The van der Waals surface area contributed by atoms with Crippen LogP contribution in [0.25, 0.3) is 0 Å². The standard InChI is InChI=1S/C11H18N2/c12-5-1-2-6-13-11-8-9-3-4-10(11)7-9/h9-11,13H,1-4,6-8H2. The zero-order valence-corrected chi connectivity index (χ0v) is 8.13. The second-order valence-corrected chi connectivity index (χ2v) is 4.50. The van der Waals surface area contributed by atoms with Crippen molar-refractivity contribution in [2.45, 2.75) is 44.6 Å². The number of hydrogen-bond donors (Lipinski definition) is 1. The number of nitrogens with one attached hydrogen (secondary N) is 1. The van der Waals surface area contributed by atoms with Gasteiger partial charge in [0.05, 0.1) is 6.07 Å². The summed E-state index contributed by atoms with van der Waals surface area (Å²) in [5, 5.41) is 12.0. The number of fused-ring (bicyclic) bond motifs is 2. The molecular formula is C11H18N2. The molecule has 1 N–H and O–H groups in total. The van der Waals surface area contributed by atoms with Gasteiger partial charge in [0.1, 0.15) is 0 Å². The first-order valence-corrected chi connectivity index (χ1v) is 5.50. The molecule has 2 nitrogen and oxygen atoms in total. The van der Waals surface area contributed by atoms with E-state index in [1.54, 1.807) is 0 Å². The van der Waals surface area contributed by atoms with Gasteiger partial charge in [-0.25, -0.2) is 0 Å². The highest BCUT2D eigenvalue weighted by Gasteiger charge is 2.38. The average molecular weight is 178 g/mol. The first-order chi connectivity index (χ1) is 6.40. The highest BCUT2D eigenvalue weighted by molar-refractivity contribution is 4.94. The Balaban J connectivity index is 1.64. The molecule has 0 saturated heterocycles. The molecule has 0 amide bonds. The van der Waals surface area contributed by atoms with Gasteiger partial charge in [-0.05, 0) is 44.1 Å². The summed E-state index contributed by atoms with van der Waals surface area (Å²) < 4.78 is 0. The highest BCUT2D eigenvalue weighted by atomic mass is 14.9. The number of rotatable bonds is 4. The summed E-state index contributed by atoms with van der Waals surface area (Å²) >= 11 is 0. The third-order valence-electron chi connectivity index (χ3n) is 3.61. The number of hydrogen-bond acceptors (Lipinski definition) is 2. The molecule has 0 aromatic carbocycles. The molecule has 0 aromatic rings. The summed E-state index contributed by atoms with van der Waals surface area (Å²) in [7, 11) is 0. The molecule has 2 saturated carbocycles. The van der Waals surface area contributed by atoms with Gasteiger partial charge in [-0.1, -0.05) is 6.42 Å². The van der Waals surface area contributed by atoms with E-state index in [-0.39, 0.29) is 0 Å². The molecule has 0 aromatic heterocycles. The van der Waals surface area contributed by atoms with Crippen LogP contribution in [0.3, 0.4) is 0 Å². The Kier molecular flexibility index (Phi) is 2.85. The molecule has 0 radical (unpaired) electrons. The Morgan fingerprint density at radius 2 is 2.23 bits per heavy atom. The Labute approximate surface area is 80.3 Å². The Morgan fingerprint density at radius 3 is 2.85 bits per heavy atom. The summed E-state index contributed by atoms with van der Waals surface area (Å²) in [6.07, 6.45) is 7.51. The molecule has 2 aliphatic carbocycles. The molecule has 0 heterocycles. The van der Waals surface area contributed by atoms with E-state index in [1.807, 2.05) is 0 Å². The first kappa shape index (κ1) is 9.02. The molecule has 3 atom stereocenters. The highest BCUT2D eigenvalue weighted by Crippen LogP contribution is 2.44. The van der Waals surface area contributed by atoms with Crippen LogP contribution in [0.4, 0.5) is 0 Å². The van der Waals surface area contributed by atoms with Crippen molar-refractivity contribution in [3.05, 3.63) is 0 Å². The number of nitrogens with zero attached hydrogens (tertiary/aromatic N) is 1. The maximum absolute atomic E-state index is 8.39. The van der Waals surface area contributed by atoms with Gasteiger partial charge in [0.2, 0.25) is 0 Å². The summed E-state index contributed by atoms with van der Waals surface area (Å²) in [6, 6.07) is 2.98. The Morgan fingerprint density at radius 1 is 1.31 bits per heavy atom. The van der Waals surface area contributed by atoms with E-state index in [2.05, 4.69) is 11.4 Å². The zero-order chi connectivity index (χ0) is 9.10. The van der Waals surface area contributed by atoms with Crippen LogP contribution in [-0.4, -0.2) is 12.6 Å². The predicted molar refractivity (Wildman–Crippen MR) is 52.1 cm³/mol. The molecule has 0 aliphatic heterocycles. The predicted octanol–water partition coefficient (Wildman–Crippen LogP) is 2.07. The van der Waals surface area contributed by atoms with Gasteiger partial charge in [-0.2, -0.15) is 5.26 Å². The van der Waals surface area contributed by atoms with Crippen molar-refractivity contribution in [2.24, 2.45) is 11.8 Å². The quantitative estimate of drug-likeness (QED) is 0.669. The van der Waals surface area contributed by atoms with Crippen molar-refractivity contribution in [3.8, 4) is 6.07 Å². The maximum Gasteiger partial charge on any atom is 0.0622 e. The van der Waals surface area contributed by atoms with E-state index in [1.165, 1.54) is 25.7 Å². The molecule has 2 rings (SSSR count). The van der Waals surface area contributed by atoms with Crippen LogP contribution in [0, 0.1) is 23.2 Å². The minimum atomic E-state index is 0.702. The third-order valence-corrected chi connectivity index (χ3v) is 3.61. The average Bonchev–Trinajstić information content (AvgIpc) is 2.73. The van der Waals surface area contributed by atoms with Crippen LogP contribution in [0.5, 0.6) is 0 Å². The van der Waals surface area contributed by atoms with Crippen molar-refractivity contribution in [1.82, 2.24) is 5.32 Å². The van der Waals surface area contributed by atoms with Gasteiger partial charge >= 0.3 is 0 Å². The fourth-order valence-corrected chi connectivity index (χ4v) is 2.95. The fourth-order valence-electron chi connectivity index (χ4n) is 2.95. The minimum absolute atomic E-state index is 0.702. The molecule has 13 heavy (non-hydrogen) atoms. The van der Waals surface area contributed by atoms with Crippen LogP contribution in [-0.2, 0) is 0 Å². The van der Waals surface area contributed by atoms with E-state index in [0.717, 1.165) is 30.8 Å². The summed E-state index contributed by atoms with van der Waals surface area (Å²) in [6.45, 7) is 1.04. The Hall–Kier alpha value is -0.550. The van der Waals surface area contributed by atoms with E-state index in [9.17, 15) is 0 Å². The van der Waals surface area contributed by atoms with Crippen molar-refractivity contribution in [3.63, 3.8) is 0 Å². The van der Waals surface area contributed by atoms with Crippen molar-refractivity contribution in [2.75, 3.05) is 6.54 Å². The third kappa shape index (κ3) is 2.03. The van der Waals surface area contributed by atoms with Gasteiger partial charge < -0.3 is 5.32 Å². The van der Waals surface area contributed by atoms with Gasteiger partial charge in [0.25, 0.3) is 0 Å². The second kappa shape index (κ2) is 4.11. The van der Waals surface area contributed by atoms with Gasteiger partial charge in [-0.3, -0.25) is 0 Å². The second-order valence-electron chi connectivity index (χ2n) is 4.50. The molecule has 2 fully saturated rings. The maximum atomic E-state index is 8.39. The molecular weight excluding hydrogens is 160 g/mol. The summed E-state index contributed by atoms with van der Waals surface area (Å²) in [5.74, 6) is 1.99. The monoisotopic (exact) mass is 178 g/mol. The number of nitriles is 1. The van der Waals surface area contributed by atoms with Gasteiger partial charge in [0.15, 0.2) is 0 Å². The molecule has 2 aliphatic rings. The van der Waals surface area contributed by atoms with E-state index >= 15 is 0 Å². The van der Waals surface area contributed by atoms with Crippen LogP contribution in [0.2, 0.25) is 0 Å². The summed E-state index contributed by atoms with van der Waals surface area (Å²) in [5.41, 5.74) is 0. The van der Waals surface area contributed by atoms with Crippen LogP contribution >= 0.6 is 0 Å². The zero-order valence-electron chi connectivity index (χ0n) is 8.13. The van der Waals surface area contributed by atoms with Crippen molar-refractivity contribution >= 4 is 0 Å². The van der Waals surface area contributed by atoms with Crippen LogP contribution in [0.1, 0.15) is 38.5 Å². The lowest BCUT2D eigenvalue weighted by Crippen LogP contribution is -2.34. The Bertz CT molecular complexity index is 207. The van der Waals surface area contributed by atoms with Gasteiger partial charge in [-0.15, -0.1) is 0 Å². The van der Waals surface area contributed by atoms with Crippen LogP contribution in [0.15, 0.2) is 0 Å². The summed E-state index contributed by atoms with van der Waals surface area (Å²) in [4.78, 5) is 0. The molecule has 3 unspecified atom stereocenters. The topological polar surface area (TPSA) is 35.8 Å². The normalized spacial score (nSPS) is 36.4.